The second-order valence-electron chi connectivity index (χ2n) is 5.58. The maximum atomic E-state index is 6.06. The summed E-state index contributed by atoms with van der Waals surface area (Å²) in [6, 6.07) is 0. The van der Waals surface area contributed by atoms with E-state index in [0.717, 1.165) is 30.5 Å². The van der Waals surface area contributed by atoms with E-state index in [1.807, 2.05) is 0 Å². The zero-order chi connectivity index (χ0) is 14.2. The molecule has 3 nitrogen and oxygen atoms in total. The summed E-state index contributed by atoms with van der Waals surface area (Å²) in [7, 11) is 3.53. The molecule has 3 atom stereocenters. The zero-order valence-corrected chi connectivity index (χ0v) is 14.3. The quantitative estimate of drug-likeness (QED) is 0.635. The molecular weight excluding hydrogens is 292 g/mol. The van der Waals surface area contributed by atoms with E-state index in [1.165, 1.54) is 30.8 Å². The molecule has 2 rings (SSSR count). The highest BCUT2D eigenvalue weighted by molar-refractivity contribution is 8.17. The monoisotopic (exact) mass is 320 g/mol. The third-order valence-corrected chi connectivity index (χ3v) is 7.08. The van der Waals surface area contributed by atoms with Crippen molar-refractivity contribution in [3.05, 3.63) is 0 Å². The first-order valence-electron chi connectivity index (χ1n) is 7.74. The average Bonchev–Trinajstić information content (AvgIpc) is 2.87. The topological polar surface area (TPSA) is 27.7 Å². The molecular formula is C15H28O3S2. The molecule has 0 aromatic rings. The van der Waals surface area contributed by atoms with Crippen molar-refractivity contribution in [2.24, 2.45) is 5.92 Å². The van der Waals surface area contributed by atoms with Crippen molar-refractivity contribution < 1.29 is 14.2 Å². The maximum absolute atomic E-state index is 6.06. The molecule has 0 N–H and O–H groups in total. The van der Waals surface area contributed by atoms with Crippen LogP contribution in [0.4, 0.5) is 0 Å². The average molecular weight is 321 g/mol. The van der Waals surface area contributed by atoms with Gasteiger partial charge in [0.1, 0.15) is 0 Å². The molecule has 20 heavy (non-hydrogen) atoms. The van der Waals surface area contributed by atoms with Gasteiger partial charge >= 0.3 is 0 Å². The summed E-state index contributed by atoms with van der Waals surface area (Å²) in [6.07, 6.45) is 7.60. The summed E-state index contributed by atoms with van der Waals surface area (Å²) in [5.41, 5.74) is 0. The molecule has 0 spiro atoms. The van der Waals surface area contributed by atoms with Gasteiger partial charge in [-0.25, -0.2) is 0 Å². The zero-order valence-electron chi connectivity index (χ0n) is 12.7. The second kappa shape index (κ2) is 9.57. The Balaban J connectivity index is 1.76. The van der Waals surface area contributed by atoms with Crippen molar-refractivity contribution >= 4 is 23.5 Å². The van der Waals surface area contributed by atoms with Crippen LogP contribution in [-0.2, 0) is 14.2 Å². The van der Waals surface area contributed by atoms with Crippen LogP contribution in [0.15, 0.2) is 0 Å². The van der Waals surface area contributed by atoms with Gasteiger partial charge in [0.2, 0.25) is 0 Å². The highest BCUT2D eigenvalue weighted by Crippen LogP contribution is 2.41. The Kier molecular flexibility index (Phi) is 8.10. The minimum atomic E-state index is 0.0195. The predicted molar refractivity (Wildman–Crippen MR) is 87.4 cm³/mol. The summed E-state index contributed by atoms with van der Waals surface area (Å²) in [6.45, 7) is 0.861. The molecule has 2 fully saturated rings. The van der Waals surface area contributed by atoms with E-state index in [2.05, 4.69) is 23.5 Å². The number of unbranched alkanes of at least 4 members (excludes halogenated alkanes) is 1. The Hall–Kier alpha value is 0.580. The third-order valence-electron chi connectivity index (χ3n) is 4.09. The molecule has 3 unspecified atom stereocenters. The normalized spacial score (nSPS) is 31.8. The summed E-state index contributed by atoms with van der Waals surface area (Å²) in [5, 5.41) is 0. The molecule has 2 aliphatic rings. The molecule has 2 heterocycles. The smallest absolute Gasteiger partial charge is 0.157 e. The Morgan fingerprint density at radius 1 is 1.15 bits per heavy atom. The first kappa shape index (κ1) is 16.9. The molecule has 5 heteroatoms. The van der Waals surface area contributed by atoms with Gasteiger partial charge in [-0.2, -0.15) is 0 Å². The molecule has 2 aliphatic heterocycles. The summed E-state index contributed by atoms with van der Waals surface area (Å²) >= 11 is 4.28. The van der Waals surface area contributed by atoms with E-state index in [0.29, 0.717) is 12.0 Å². The van der Waals surface area contributed by atoms with Gasteiger partial charge in [-0.15, -0.1) is 23.5 Å². The number of rotatable bonds is 8. The van der Waals surface area contributed by atoms with E-state index in [-0.39, 0.29) is 6.29 Å². The van der Waals surface area contributed by atoms with Crippen LogP contribution in [0.5, 0.6) is 0 Å². The minimum absolute atomic E-state index is 0.0195. The second-order valence-corrected chi connectivity index (χ2v) is 8.50. The van der Waals surface area contributed by atoms with Crippen LogP contribution in [-0.4, -0.2) is 49.3 Å². The predicted octanol–water partition coefficient (Wildman–Crippen LogP) is 3.77. The van der Waals surface area contributed by atoms with Crippen LogP contribution >= 0.6 is 23.5 Å². The number of hydrogen-bond donors (Lipinski definition) is 0. The van der Waals surface area contributed by atoms with Crippen molar-refractivity contribution in [2.75, 3.05) is 32.3 Å². The van der Waals surface area contributed by atoms with E-state index in [1.54, 1.807) is 14.2 Å². The highest BCUT2D eigenvalue weighted by atomic mass is 32.2. The maximum Gasteiger partial charge on any atom is 0.157 e. The largest absolute Gasteiger partial charge is 0.385 e. The Morgan fingerprint density at radius 3 is 2.65 bits per heavy atom. The Bertz CT molecular complexity index is 260. The summed E-state index contributed by atoms with van der Waals surface area (Å²) in [4.78, 5) is 0. The van der Waals surface area contributed by atoms with Crippen LogP contribution in [0.2, 0.25) is 0 Å². The fourth-order valence-electron chi connectivity index (χ4n) is 2.98. The standard InChI is InChI=1S/C15H28O3S2/c1-16-7-4-3-6-13-12(10-14(17-2)18-13)11-15-19-8-5-9-20-15/h12-15H,3-11H2,1-2H3. The molecule has 2 saturated heterocycles. The SMILES string of the molecule is COCCCCC1OC(OC)CC1CC1SCCCS1. The fourth-order valence-corrected chi connectivity index (χ4v) is 6.04. The third kappa shape index (κ3) is 5.41. The molecule has 0 radical (unpaired) electrons. The van der Waals surface area contributed by atoms with Crippen molar-refractivity contribution in [1.29, 1.82) is 0 Å². The summed E-state index contributed by atoms with van der Waals surface area (Å²) < 4.78 is 17.4. The lowest BCUT2D eigenvalue weighted by Crippen LogP contribution is -2.21. The van der Waals surface area contributed by atoms with Gasteiger partial charge in [0, 0.05) is 27.2 Å². The molecule has 0 saturated carbocycles. The van der Waals surface area contributed by atoms with E-state index in [4.69, 9.17) is 14.2 Å². The van der Waals surface area contributed by atoms with Gasteiger partial charge in [0.05, 0.1) is 10.7 Å². The lowest BCUT2D eigenvalue weighted by molar-refractivity contribution is -0.117. The highest BCUT2D eigenvalue weighted by Gasteiger charge is 2.36. The number of hydrogen-bond acceptors (Lipinski definition) is 5. The van der Waals surface area contributed by atoms with Crippen LogP contribution in [0, 0.1) is 5.92 Å². The van der Waals surface area contributed by atoms with Gasteiger partial charge in [-0.05, 0) is 49.5 Å². The number of methoxy groups -OCH3 is 2. The minimum Gasteiger partial charge on any atom is -0.385 e. The van der Waals surface area contributed by atoms with Gasteiger partial charge in [-0.3, -0.25) is 0 Å². The van der Waals surface area contributed by atoms with Crippen molar-refractivity contribution in [2.45, 2.75) is 55.5 Å². The van der Waals surface area contributed by atoms with Gasteiger partial charge in [0.25, 0.3) is 0 Å². The molecule has 0 bridgehead atoms. The van der Waals surface area contributed by atoms with E-state index < -0.39 is 0 Å². The van der Waals surface area contributed by atoms with Crippen LogP contribution in [0.25, 0.3) is 0 Å². The lowest BCUT2D eigenvalue weighted by atomic mass is 9.94. The molecule has 118 valence electrons. The fraction of sp³-hybridized carbons (Fsp3) is 1.00. The lowest BCUT2D eigenvalue weighted by Gasteiger charge is -2.26. The number of ether oxygens (including phenoxy) is 3. The van der Waals surface area contributed by atoms with Gasteiger partial charge in [-0.1, -0.05) is 0 Å². The van der Waals surface area contributed by atoms with Crippen LogP contribution in [0.3, 0.4) is 0 Å². The van der Waals surface area contributed by atoms with Gasteiger partial charge < -0.3 is 14.2 Å². The van der Waals surface area contributed by atoms with Crippen LogP contribution < -0.4 is 0 Å². The first-order chi connectivity index (χ1) is 9.83. The van der Waals surface area contributed by atoms with E-state index >= 15 is 0 Å². The van der Waals surface area contributed by atoms with Crippen molar-refractivity contribution in [1.82, 2.24) is 0 Å². The van der Waals surface area contributed by atoms with E-state index in [9.17, 15) is 0 Å². The molecule has 0 aliphatic carbocycles. The molecule has 0 aromatic heterocycles. The molecule has 0 aromatic carbocycles. The van der Waals surface area contributed by atoms with Crippen LogP contribution in [0.1, 0.15) is 38.5 Å². The van der Waals surface area contributed by atoms with Crippen molar-refractivity contribution in [3.63, 3.8) is 0 Å². The number of thioether (sulfide) groups is 2. The Labute approximate surface area is 131 Å². The van der Waals surface area contributed by atoms with Gasteiger partial charge in [0.15, 0.2) is 6.29 Å². The summed E-state index contributed by atoms with van der Waals surface area (Å²) in [5.74, 6) is 3.33. The Morgan fingerprint density at radius 2 is 1.95 bits per heavy atom. The molecule has 0 amide bonds. The van der Waals surface area contributed by atoms with Crippen molar-refractivity contribution in [3.8, 4) is 0 Å². The first-order valence-corrected chi connectivity index (χ1v) is 9.83.